The van der Waals surface area contributed by atoms with Gasteiger partial charge in [0.05, 0.1) is 0 Å². The topological polar surface area (TPSA) is 50.4 Å². The highest BCUT2D eigenvalue weighted by atomic mass is 16.5. The summed E-state index contributed by atoms with van der Waals surface area (Å²) in [4.78, 5) is 12.0. The van der Waals surface area contributed by atoms with E-state index in [0.29, 0.717) is 5.75 Å². The molecule has 0 atom stereocenters. The molecule has 132 valence electrons. The number of carbonyl (C=O) groups excluding carboxylic acids is 1. The zero-order valence-corrected chi connectivity index (χ0v) is 15.0. The van der Waals surface area contributed by atoms with Crippen molar-refractivity contribution in [3.63, 3.8) is 0 Å². The molecule has 0 unspecified atom stereocenters. The van der Waals surface area contributed by atoms with Gasteiger partial charge < -0.3 is 15.4 Å². The lowest BCUT2D eigenvalue weighted by Gasteiger charge is -2.10. The minimum atomic E-state index is -0.190. The van der Waals surface area contributed by atoms with Gasteiger partial charge in [-0.05, 0) is 67.9 Å². The van der Waals surface area contributed by atoms with E-state index in [0.717, 1.165) is 22.6 Å². The highest BCUT2D eigenvalue weighted by Crippen LogP contribution is 2.20. The van der Waals surface area contributed by atoms with Crippen LogP contribution in [0.2, 0.25) is 0 Å². The first-order valence-corrected chi connectivity index (χ1v) is 8.51. The van der Waals surface area contributed by atoms with Gasteiger partial charge >= 0.3 is 0 Å². The summed E-state index contributed by atoms with van der Waals surface area (Å²) in [5, 5.41) is 6.17. The molecule has 0 saturated carbocycles. The maximum absolute atomic E-state index is 12.0. The van der Waals surface area contributed by atoms with E-state index >= 15 is 0 Å². The lowest BCUT2D eigenvalue weighted by atomic mass is 10.2. The molecular formula is C22H22N2O2. The SMILES string of the molecule is Cc1ccc(OCC(=O)Nc2ccc(Nc3cccc(C)c3)cc2)cc1. The van der Waals surface area contributed by atoms with Gasteiger partial charge in [0.15, 0.2) is 6.61 Å². The molecule has 2 N–H and O–H groups in total. The monoisotopic (exact) mass is 346 g/mol. The third kappa shape index (κ3) is 5.11. The van der Waals surface area contributed by atoms with Crippen LogP contribution in [0, 0.1) is 13.8 Å². The molecule has 0 aliphatic heterocycles. The minimum absolute atomic E-state index is 0.0215. The molecule has 4 nitrogen and oxygen atoms in total. The number of aryl methyl sites for hydroxylation is 2. The number of nitrogens with one attached hydrogen (secondary N) is 2. The number of amides is 1. The van der Waals surface area contributed by atoms with E-state index in [1.54, 1.807) is 0 Å². The van der Waals surface area contributed by atoms with Gasteiger partial charge in [-0.2, -0.15) is 0 Å². The normalized spacial score (nSPS) is 10.2. The van der Waals surface area contributed by atoms with E-state index in [1.165, 1.54) is 5.56 Å². The zero-order chi connectivity index (χ0) is 18.4. The highest BCUT2D eigenvalue weighted by Gasteiger charge is 2.04. The quantitative estimate of drug-likeness (QED) is 0.655. The molecule has 26 heavy (non-hydrogen) atoms. The summed E-state index contributed by atoms with van der Waals surface area (Å²) in [5.74, 6) is 0.494. The molecule has 0 aliphatic rings. The molecular weight excluding hydrogens is 324 g/mol. The first-order chi connectivity index (χ1) is 12.6. The molecule has 0 radical (unpaired) electrons. The standard InChI is InChI=1S/C22H22N2O2/c1-16-6-12-21(13-7-16)26-15-22(25)24-19-10-8-18(9-11-19)23-20-5-3-4-17(2)14-20/h3-14,23H,15H2,1-2H3,(H,24,25). The summed E-state index contributed by atoms with van der Waals surface area (Å²) in [6.45, 7) is 4.04. The van der Waals surface area contributed by atoms with Crippen molar-refractivity contribution < 1.29 is 9.53 Å². The second-order valence-electron chi connectivity index (χ2n) is 6.22. The maximum Gasteiger partial charge on any atom is 0.262 e. The van der Waals surface area contributed by atoms with E-state index in [9.17, 15) is 4.79 Å². The first kappa shape index (κ1) is 17.5. The number of hydrogen-bond donors (Lipinski definition) is 2. The van der Waals surface area contributed by atoms with Gasteiger partial charge in [0.2, 0.25) is 0 Å². The third-order valence-electron chi connectivity index (χ3n) is 3.87. The van der Waals surface area contributed by atoms with Crippen LogP contribution in [0.5, 0.6) is 5.75 Å². The Bertz CT molecular complexity index is 871. The fourth-order valence-electron chi connectivity index (χ4n) is 2.51. The molecule has 0 aromatic heterocycles. The number of hydrogen-bond acceptors (Lipinski definition) is 3. The van der Waals surface area contributed by atoms with Crippen molar-refractivity contribution in [2.75, 3.05) is 17.2 Å². The highest BCUT2D eigenvalue weighted by molar-refractivity contribution is 5.92. The lowest BCUT2D eigenvalue weighted by molar-refractivity contribution is -0.118. The van der Waals surface area contributed by atoms with Crippen LogP contribution in [0.3, 0.4) is 0 Å². The van der Waals surface area contributed by atoms with Gasteiger partial charge in [0.25, 0.3) is 5.91 Å². The number of rotatable bonds is 6. The second-order valence-corrected chi connectivity index (χ2v) is 6.22. The summed E-state index contributed by atoms with van der Waals surface area (Å²) in [5.41, 5.74) is 5.09. The van der Waals surface area contributed by atoms with Gasteiger partial charge in [0, 0.05) is 17.1 Å². The molecule has 0 saturated heterocycles. The Morgan fingerprint density at radius 3 is 2.19 bits per heavy atom. The fraction of sp³-hybridized carbons (Fsp3) is 0.136. The predicted octanol–water partition coefficient (Wildman–Crippen LogP) is 5.06. The van der Waals surface area contributed by atoms with Crippen molar-refractivity contribution in [3.8, 4) is 5.75 Å². The number of ether oxygens (including phenoxy) is 1. The van der Waals surface area contributed by atoms with Crippen LogP contribution in [-0.2, 0) is 4.79 Å². The smallest absolute Gasteiger partial charge is 0.262 e. The van der Waals surface area contributed by atoms with E-state index in [4.69, 9.17) is 4.74 Å². The molecule has 3 aromatic carbocycles. The maximum atomic E-state index is 12.0. The molecule has 0 spiro atoms. The average molecular weight is 346 g/mol. The summed E-state index contributed by atoms with van der Waals surface area (Å²) in [7, 11) is 0. The van der Waals surface area contributed by atoms with Crippen LogP contribution >= 0.6 is 0 Å². The Kier molecular flexibility index (Phi) is 5.54. The van der Waals surface area contributed by atoms with Gasteiger partial charge in [-0.25, -0.2) is 0 Å². The van der Waals surface area contributed by atoms with Crippen molar-refractivity contribution in [1.29, 1.82) is 0 Å². The largest absolute Gasteiger partial charge is 0.484 e. The summed E-state index contributed by atoms with van der Waals surface area (Å²) in [6, 6.07) is 23.4. The van der Waals surface area contributed by atoms with Crippen molar-refractivity contribution >= 4 is 23.0 Å². The van der Waals surface area contributed by atoms with Crippen LogP contribution in [0.1, 0.15) is 11.1 Å². The van der Waals surface area contributed by atoms with Crippen LogP contribution in [0.15, 0.2) is 72.8 Å². The van der Waals surface area contributed by atoms with Gasteiger partial charge in [-0.1, -0.05) is 29.8 Å². The van der Waals surface area contributed by atoms with E-state index in [2.05, 4.69) is 29.7 Å². The number of carbonyl (C=O) groups is 1. The molecule has 4 heteroatoms. The Labute approximate surface area is 153 Å². The summed E-state index contributed by atoms with van der Waals surface area (Å²) < 4.78 is 5.48. The van der Waals surface area contributed by atoms with Crippen molar-refractivity contribution in [2.24, 2.45) is 0 Å². The van der Waals surface area contributed by atoms with Crippen LogP contribution in [0.4, 0.5) is 17.1 Å². The Morgan fingerprint density at radius 1 is 0.808 bits per heavy atom. The van der Waals surface area contributed by atoms with Crippen LogP contribution < -0.4 is 15.4 Å². The first-order valence-electron chi connectivity index (χ1n) is 8.51. The number of anilines is 3. The molecule has 0 aliphatic carbocycles. The van der Waals surface area contributed by atoms with Crippen molar-refractivity contribution in [3.05, 3.63) is 83.9 Å². The molecule has 0 bridgehead atoms. The van der Waals surface area contributed by atoms with Crippen LogP contribution in [-0.4, -0.2) is 12.5 Å². The van der Waals surface area contributed by atoms with Gasteiger partial charge in [-0.3, -0.25) is 4.79 Å². The molecule has 0 fully saturated rings. The second kappa shape index (κ2) is 8.21. The summed E-state index contributed by atoms with van der Waals surface area (Å²) >= 11 is 0. The van der Waals surface area contributed by atoms with E-state index in [1.807, 2.05) is 67.6 Å². The minimum Gasteiger partial charge on any atom is -0.484 e. The lowest BCUT2D eigenvalue weighted by Crippen LogP contribution is -2.20. The zero-order valence-electron chi connectivity index (χ0n) is 15.0. The summed E-state index contributed by atoms with van der Waals surface area (Å²) in [6.07, 6.45) is 0. The Morgan fingerprint density at radius 2 is 1.50 bits per heavy atom. The third-order valence-corrected chi connectivity index (χ3v) is 3.87. The van der Waals surface area contributed by atoms with E-state index < -0.39 is 0 Å². The van der Waals surface area contributed by atoms with Gasteiger partial charge in [0.1, 0.15) is 5.75 Å². The van der Waals surface area contributed by atoms with Crippen molar-refractivity contribution in [2.45, 2.75) is 13.8 Å². The molecule has 3 aromatic rings. The van der Waals surface area contributed by atoms with Crippen LogP contribution in [0.25, 0.3) is 0 Å². The molecule has 1 amide bonds. The fourth-order valence-corrected chi connectivity index (χ4v) is 2.51. The van der Waals surface area contributed by atoms with Crippen molar-refractivity contribution in [1.82, 2.24) is 0 Å². The molecule has 3 rings (SSSR count). The Hall–Kier alpha value is -3.27. The van der Waals surface area contributed by atoms with Gasteiger partial charge in [-0.15, -0.1) is 0 Å². The van der Waals surface area contributed by atoms with E-state index in [-0.39, 0.29) is 12.5 Å². The molecule has 0 heterocycles. The Balaban J connectivity index is 1.51. The number of benzene rings is 3. The average Bonchev–Trinajstić information content (AvgIpc) is 2.63. The predicted molar refractivity (Wildman–Crippen MR) is 106 cm³/mol.